The van der Waals surface area contributed by atoms with Crippen LogP contribution in [-0.4, -0.2) is 73.8 Å². The van der Waals surface area contributed by atoms with Crippen LogP contribution in [0.15, 0.2) is 4.99 Å². The van der Waals surface area contributed by atoms with E-state index in [1.807, 2.05) is 34.6 Å². The maximum Gasteiger partial charge on any atom is 0.408 e. The molecule has 1 fully saturated rings. The van der Waals surface area contributed by atoms with Gasteiger partial charge in [-0.2, -0.15) is 0 Å². The molecule has 0 bridgehead atoms. The summed E-state index contributed by atoms with van der Waals surface area (Å²) in [4.78, 5) is 18.3. The number of likely N-dealkylation sites (tertiary alicyclic amines) is 1. The van der Waals surface area contributed by atoms with Crippen molar-refractivity contribution < 1.29 is 18.3 Å². The molecule has 1 aliphatic rings. The average Bonchev–Trinajstić information content (AvgIpc) is 2.63. The summed E-state index contributed by atoms with van der Waals surface area (Å²) >= 11 is 0. The average molecular weight is 420 g/mol. The van der Waals surface area contributed by atoms with Crippen molar-refractivity contribution in [3.05, 3.63) is 0 Å². The number of ether oxygens (including phenoxy) is 1. The summed E-state index contributed by atoms with van der Waals surface area (Å²) in [6.45, 7) is 11.2. The number of rotatable bonds is 8. The molecule has 3 N–H and O–H groups in total. The Kier molecular flexibility index (Phi) is 10.1. The van der Waals surface area contributed by atoms with Crippen molar-refractivity contribution in [3.63, 3.8) is 0 Å². The van der Waals surface area contributed by atoms with Crippen LogP contribution < -0.4 is 16.0 Å². The molecular weight excluding hydrogens is 380 g/mol. The number of carbonyl (C=O) groups excluding carboxylic acids is 1. The number of nitrogens with zero attached hydrogens (tertiary/aromatic N) is 2. The van der Waals surface area contributed by atoms with Crippen LogP contribution in [0.1, 0.15) is 60.3 Å². The van der Waals surface area contributed by atoms with Gasteiger partial charge in [-0.1, -0.05) is 13.8 Å². The van der Waals surface area contributed by atoms with Gasteiger partial charge in [0, 0.05) is 32.7 Å². The predicted molar refractivity (Wildman–Crippen MR) is 113 cm³/mol. The third-order valence-electron chi connectivity index (χ3n) is 5.26. The minimum atomic E-state index is -2.29. The highest BCUT2D eigenvalue weighted by Crippen LogP contribution is 2.17. The molecule has 0 spiro atoms. The molecule has 1 rings (SSSR count). The van der Waals surface area contributed by atoms with Gasteiger partial charge >= 0.3 is 6.09 Å². The maximum atomic E-state index is 12.5. The van der Waals surface area contributed by atoms with E-state index in [-0.39, 0.29) is 12.6 Å². The van der Waals surface area contributed by atoms with Crippen molar-refractivity contribution >= 4 is 12.1 Å². The summed E-state index contributed by atoms with van der Waals surface area (Å²) < 4.78 is 30.4. The highest BCUT2D eigenvalue weighted by atomic mass is 19.3. The van der Waals surface area contributed by atoms with E-state index in [0.29, 0.717) is 25.6 Å². The lowest BCUT2D eigenvalue weighted by atomic mass is 9.93. The van der Waals surface area contributed by atoms with Crippen LogP contribution in [0, 0.1) is 0 Å². The molecule has 1 heterocycles. The molecule has 0 aromatic rings. The van der Waals surface area contributed by atoms with Gasteiger partial charge in [-0.25, -0.2) is 13.6 Å². The molecule has 9 heteroatoms. The maximum absolute atomic E-state index is 12.5. The SMILES string of the molecule is CCC(CC)(CNC(=NC)NC1CCN(CC(F)F)CC1)NC(=O)OC(C)(C)C. The zero-order valence-electron chi connectivity index (χ0n) is 18.8. The number of hydrogen-bond acceptors (Lipinski definition) is 4. The molecular formula is C20H39F2N5O2. The Labute approximate surface area is 174 Å². The molecule has 1 aliphatic heterocycles. The van der Waals surface area contributed by atoms with E-state index in [1.165, 1.54) is 0 Å². The van der Waals surface area contributed by atoms with Gasteiger partial charge in [-0.15, -0.1) is 0 Å². The highest BCUT2D eigenvalue weighted by Gasteiger charge is 2.31. The van der Waals surface area contributed by atoms with Gasteiger partial charge in [0.1, 0.15) is 5.60 Å². The number of guanidine groups is 1. The van der Waals surface area contributed by atoms with Crippen molar-refractivity contribution in [1.82, 2.24) is 20.9 Å². The van der Waals surface area contributed by atoms with Crippen molar-refractivity contribution in [2.45, 2.75) is 83.9 Å². The third-order valence-corrected chi connectivity index (χ3v) is 5.26. The summed E-state index contributed by atoms with van der Waals surface area (Å²) in [7, 11) is 1.70. The number of nitrogens with one attached hydrogen (secondary N) is 3. The Hall–Kier alpha value is -1.64. The van der Waals surface area contributed by atoms with E-state index in [1.54, 1.807) is 11.9 Å². The van der Waals surface area contributed by atoms with Crippen molar-refractivity contribution in [2.75, 3.05) is 33.2 Å². The minimum absolute atomic E-state index is 0.161. The topological polar surface area (TPSA) is 78.0 Å². The first-order valence-corrected chi connectivity index (χ1v) is 10.5. The van der Waals surface area contributed by atoms with E-state index in [4.69, 9.17) is 4.74 Å². The quantitative estimate of drug-likeness (QED) is 0.416. The van der Waals surface area contributed by atoms with Crippen LogP contribution in [-0.2, 0) is 4.74 Å². The Balaban J connectivity index is 2.56. The summed E-state index contributed by atoms with van der Waals surface area (Å²) in [6, 6.07) is 0.187. The third kappa shape index (κ3) is 9.60. The normalized spacial score (nSPS) is 17.3. The number of alkyl halides is 2. The Morgan fingerprint density at radius 3 is 2.24 bits per heavy atom. The van der Waals surface area contributed by atoms with E-state index >= 15 is 0 Å². The molecule has 0 saturated carbocycles. The Morgan fingerprint density at radius 1 is 1.21 bits per heavy atom. The minimum Gasteiger partial charge on any atom is -0.444 e. The lowest BCUT2D eigenvalue weighted by molar-refractivity contribution is 0.0448. The van der Waals surface area contributed by atoms with Crippen LogP contribution in [0.5, 0.6) is 0 Å². The summed E-state index contributed by atoms with van der Waals surface area (Å²) in [5.74, 6) is 0.648. The van der Waals surface area contributed by atoms with Gasteiger partial charge in [-0.05, 0) is 46.5 Å². The Morgan fingerprint density at radius 2 is 1.79 bits per heavy atom. The van der Waals surface area contributed by atoms with Gasteiger partial charge in [0.25, 0.3) is 6.43 Å². The largest absolute Gasteiger partial charge is 0.444 e. The van der Waals surface area contributed by atoms with Crippen LogP contribution in [0.2, 0.25) is 0 Å². The fourth-order valence-electron chi connectivity index (χ4n) is 3.34. The zero-order chi connectivity index (χ0) is 22.1. The lowest BCUT2D eigenvalue weighted by Crippen LogP contribution is -2.58. The van der Waals surface area contributed by atoms with Crippen molar-refractivity contribution in [1.29, 1.82) is 0 Å². The fourth-order valence-corrected chi connectivity index (χ4v) is 3.34. The smallest absolute Gasteiger partial charge is 0.408 e. The number of aliphatic imine (C=N–C) groups is 1. The van der Waals surface area contributed by atoms with Crippen LogP contribution in [0.3, 0.4) is 0 Å². The predicted octanol–water partition coefficient (Wildman–Crippen LogP) is 2.96. The molecule has 0 aromatic carbocycles. The molecule has 0 atom stereocenters. The van der Waals surface area contributed by atoms with Crippen molar-refractivity contribution in [3.8, 4) is 0 Å². The number of alkyl carbamates (subject to hydrolysis) is 1. The molecule has 170 valence electrons. The van der Waals surface area contributed by atoms with Gasteiger partial charge < -0.3 is 20.7 Å². The van der Waals surface area contributed by atoms with Crippen molar-refractivity contribution in [2.24, 2.45) is 4.99 Å². The van der Waals surface area contributed by atoms with Crippen LogP contribution >= 0.6 is 0 Å². The highest BCUT2D eigenvalue weighted by molar-refractivity contribution is 5.80. The van der Waals surface area contributed by atoms with Gasteiger partial charge in [0.2, 0.25) is 0 Å². The first kappa shape index (κ1) is 25.4. The van der Waals surface area contributed by atoms with E-state index in [9.17, 15) is 13.6 Å². The second-order valence-electron chi connectivity index (χ2n) is 8.65. The molecule has 0 radical (unpaired) electrons. The van der Waals surface area contributed by atoms with Gasteiger partial charge in [0.05, 0.1) is 12.1 Å². The first-order valence-electron chi connectivity index (χ1n) is 10.5. The summed E-state index contributed by atoms with van der Waals surface area (Å²) in [5.41, 5.74) is -1.01. The molecule has 7 nitrogen and oxygen atoms in total. The molecule has 0 aromatic heterocycles. The number of amides is 1. The van der Waals surface area contributed by atoms with Crippen LogP contribution in [0.4, 0.5) is 13.6 Å². The zero-order valence-corrected chi connectivity index (χ0v) is 18.8. The summed E-state index contributed by atoms with van der Waals surface area (Å²) in [5, 5.41) is 9.69. The monoisotopic (exact) mass is 419 g/mol. The van der Waals surface area contributed by atoms with Gasteiger partial charge in [0.15, 0.2) is 5.96 Å². The number of halogens is 2. The fraction of sp³-hybridized carbons (Fsp3) is 0.900. The number of piperidine rings is 1. The first-order chi connectivity index (χ1) is 13.5. The molecule has 0 aliphatic carbocycles. The molecule has 1 saturated heterocycles. The second kappa shape index (κ2) is 11.5. The van der Waals surface area contributed by atoms with Crippen LogP contribution in [0.25, 0.3) is 0 Å². The number of carbonyl (C=O) groups is 1. The molecule has 29 heavy (non-hydrogen) atoms. The lowest BCUT2D eigenvalue weighted by Gasteiger charge is -2.36. The molecule has 1 amide bonds. The molecule has 0 unspecified atom stereocenters. The number of hydrogen-bond donors (Lipinski definition) is 3. The van der Waals surface area contributed by atoms with E-state index in [2.05, 4.69) is 20.9 Å². The Bertz CT molecular complexity index is 525. The summed E-state index contributed by atoms with van der Waals surface area (Å²) in [6.07, 6.45) is 0.323. The second-order valence-corrected chi connectivity index (χ2v) is 8.65. The van der Waals surface area contributed by atoms with E-state index in [0.717, 1.165) is 25.7 Å². The van der Waals surface area contributed by atoms with E-state index < -0.39 is 23.7 Å². The van der Waals surface area contributed by atoms with Gasteiger partial charge in [-0.3, -0.25) is 9.89 Å². The standard InChI is InChI=1S/C20H39F2N5O2/c1-7-20(8-2,26-18(28)29-19(3,4)5)14-24-17(23-6)25-15-9-11-27(12-10-15)13-16(21)22/h15-16H,7-14H2,1-6H3,(H,26,28)(H2,23,24,25).